The molecule has 0 aliphatic carbocycles. The van der Waals surface area contributed by atoms with E-state index in [-0.39, 0.29) is 36.3 Å². The van der Waals surface area contributed by atoms with E-state index in [1.54, 1.807) is 17.0 Å². The molecule has 1 atom stereocenters. The molecule has 1 aromatic carbocycles. The predicted molar refractivity (Wildman–Crippen MR) is 104 cm³/mol. The minimum absolute atomic E-state index is 0.00429. The van der Waals surface area contributed by atoms with Gasteiger partial charge in [-0.05, 0) is 36.8 Å². The van der Waals surface area contributed by atoms with Crippen LogP contribution in [0.2, 0.25) is 0 Å². The summed E-state index contributed by atoms with van der Waals surface area (Å²) in [5.74, 6) is -0.390. The van der Waals surface area contributed by atoms with Crippen LogP contribution in [0.1, 0.15) is 6.42 Å². The van der Waals surface area contributed by atoms with Gasteiger partial charge in [-0.15, -0.1) is 0 Å². The average molecular weight is 417 g/mol. The van der Waals surface area contributed by atoms with Gasteiger partial charge in [-0.25, -0.2) is 17.6 Å². The standard InChI is InChI=1S/C16H21FN4O4S2/c17-13-8-11(21-10-12(25-16(21)22)9-19-15(18)26)2-3-14(13)20-4-1-6-27(23,24)7-5-20/h2-3,8,12H,1,4-7,9-10H2,(H3,18,19,26). The second kappa shape index (κ2) is 7.85. The van der Waals surface area contributed by atoms with Gasteiger partial charge in [-0.1, -0.05) is 0 Å². The SMILES string of the molecule is NC(=S)NCC1CN(c2ccc(N3CCCS(=O)(=O)CC3)c(F)c2)C(=O)O1. The van der Waals surface area contributed by atoms with E-state index in [9.17, 15) is 17.6 Å². The first-order valence-corrected chi connectivity index (χ1v) is 10.7. The molecule has 148 valence electrons. The monoisotopic (exact) mass is 416 g/mol. The molecule has 3 N–H and O–H groups in total. The molecule has 8 nitrogen and oxygen atoms in total. The van der Waals surface area contributed by atoms with Gasteiger partial charge in [-0.2, -0.15) is 0 Å². The molecule has 0 spiro atoms. The first-order valence-electron chi connectivity index (χ1n) is 8.51. The minimum atomic E-state index is -3.08. The lowest BCUT2D eigenvalue weighted by Gasteiger charge is -2.23. The van der Waals surface area contributed by atoms with Crippen LogP contribution in [0.4, 0.5) is 20.6 Å². The van der Waals surface area contributed by atoms with Gasteiger partial charge < -0.3 is 20.7 Å². The molecule has 0 saturated carbocycles. The number of nitrogens with two attached hydrogens (primary N) is 1. The number of benzene rings is 1. The summed E-state index contributed by atoms with van der Waals surface area (Å²) >= 11 is 4.72. The summed E-state index contributed by atoms with van der Waals surface area (Å²) in [5.41, 5.74) is 6.07. The van der Waals surface area contributed by atoms with Crippen LogP contribution in [0.15, 0.2) is 18.2 Å². The highest BCUT2D eigenvalue weighted by atomic mass is 32.2. The van der Waals surface area contributed by atoms with E-state index < -0.39 is 27.9 Å². The minimum Gasteiger partial charge on any atom is -0.442 e. The first kappa shape index (κ1) is 19.6. The number of cyclic esters (lactones) is 1. The predicted octanol–water partition coefficient (Wildman–Crippen LogP) is 0.609. The fourth-order valence-electron chi connectivity index (χ4n) is 3.15. The summed E-state index contributed by atoms with van der Waals surface area (Å²) in [6.45, 7) is 1.24. The van der Waals surface area contributed by atoms with E-state index in [4.69, 9.17) is 22.7 Å². The molecule has 2 aliphatic heterocycles. The molecule has 2 heterocycles. The summed E-state index contributed by atoms with van der Waals surface area (Å²) in [7, 11) is -3.08. The lowest BCUT2D eigenvalue weighted by atomic mass is 10.2. The van der Waals surface area contributed by atoms with Gasteiger partial charge in [0.2, 0.25) is 0 Å². The van der Waals surface area contributed by atoms with Crippen molar-refractivity contribution in [2.75, 3.05) is 47.5 Å². The van der Waals surface area contributed by atoms with Crippen molar-refractivity contribution < 1.29 is 22.3 Å². The summed E-state index contributed by atoms with van der Waals surface area (Å²) < 4.78 is 43.3. The maximum atomic E-state index is 14.7. The van der Waals surface area contributed by atoms with E-state index in [1.807, 2.05) is 0 Å². The smallest absolute Gasteiger partial charge is 0.414 e. The van der Waals surface area contributed by atoms with E-state index in [2.05, 4.69) is 5.32 Å². The van der Waals surface area contributed by atoms with Crippen molar-refractivity contribution >= 4 is 44.6 Å². The molecule has 27 heavy (non-hydrogen) atoms. The number of hydrogen-bond donors (Lipinski definition) is 2. The molecule has 2 fully saturated rings. The molecular formula is C16H21FN4O4S2. The van der Waals surface area contributed by atoms with Gasteiger partial charge >= 0.3 is 6.09 Å². The number of carbonyl (C=O) groups is 1. The van der Waals surface area contributed by atoms with Crippen LogP contribution in [0.3, 0.4) is 0 Å². The van der Waals surface area contributed by atoms with Crippen molar-refractivity contribution in [2.24, 2.45) is 5.73 Å². The Bertz CT molecular complexity index is 849. The van der Waals surface area contributed by atoms with Crippen LogP contribution in [0.5, 0.6) is 0 Å². The molecule has 0 bridgehead atoms. The Kier molecular flexibility index (Phi) is 5.70. The summed E-state index contributed by atoms with van der Waals surface area (Å²) in [4.78, 5) is 15.1. The van der Waals surface area contributed by atoms with E-state index in [1.165, 1.54) is 11.0 Å². The van der Waals surface area contributed by atoms with Crippen LogP contribution >= 0.6 is 12.2 Å². The first-order chi connectivity index (χ1) is 12.7. The molecule has 2 saturated heterocycles. The van der Waals surface area contributed by atoms with Gasteiger partial charge in [-0.3, -0.25) is 4.90 Å². The van der Waals surface area contributed by atoms with Crippen LogP contribution in [0.25, 0.3) is 0 Å². The van der Waals surface area contributed by atoms with Crippen molar-refractivity contribution in [2.45, 2.75) is 12.5 Å². The lowest BCUT2D eigenvalue weighted by molar-refractivity contribution is 0.143. The number of rotatable bonds is 4. The van der Waals surface area contributed by atoms with Gasteiger partial charge in [0, 0.05) is 13.1 Å². The van der Waals surface area contributed by atoms with Crippen LogP contribution in [-0.2, 0) is 14.6 Å². The number of nitrogens with one attached hydrogen (secondary N) is 1. The highest BCUT2D eigenvalue weighted by molar-refractivity contribution is 7.91. The lowest BCUT2D eigenvalue weighted by Crippen LogP contribution is -2.37. The zero-order valence-electron chi connectivity index (χ0n) is 14.6. The van der Waals surface area contributed by atoms with Crippen molar-refractivity contribution in [3.63, 3.8) is 0 Å². The van der Waals surface area contributed by atoms with E-state index in [0.717, 1.165) is 0 Å². The Morgan fingerprint density at radius 3 is 2.85 bits per heavy atom. The Morgan fingerprint density at radius 1 is 1.37 bits per heavy atom. The third-order valence-electron chi connectivity index (χ3n) is 4.52. The van der Waals surface area contributed by atoms with Gasteiger partial charge in [0.25, 0.3) is 0 Å². The third-order valence-corrected chi connectivity index (χ3v) is 6.38. The fourth-order valence-corrected chi connectivity index (χ4v) is 4.51. The van der Waals surface area contributed by atoms with Crippen molar-refractivity contribution in [1.82, 2.24) is 5.32 Å². The van der Waals surface area contributed by atoms with E-state index >= 15 is 0 Å². The van der Waals surface area contributed by atoms with Crippen molar-refractivity contribution in [3.8, 4) is 0 Å². The largest absolute Gasteiger partial charge is 0.442 e. The molecule has 1 aromatic rings. The number of carbonyl (C=O) groups excluding carboxylic acids is 1. The highest BCUT2D eigenvalue weighted by Crippen LogP contribution is 2.28. The highest BCUT2D eigenvalue weighted by Gasteiger charge is 2.33. The molecule has 11 heteroatoms. The van der Waals surface area contributed by atoms with Gasteiger partial charge in [0.1, 0.15) is 11.9 Å². The van der Waals surface area contributed by atoms with Gasteiger partial charge in [0.15, 0.2) is 14.9 Å². The summed E-state index contributed by atoms with van der Waals surface area (Å²) in [5, 5.41) is 2.84. The molecule has 1 unspecified atom stereocenters. The molecule has 2 aliphatic rings. The van der Waals surface area contributed by atoms with Crippen molar-refractivity contribution in [3.05, 3.63) is 24.0 Å². The topological polar surface area (TPSA) is 105 Å². The zero-order chi connectivity index (χ0) is 19.6. The van der Waals surface area contributed by atoms with E-state index in [0.29, 0.717) is 24.3 Å². The molecular weight excluding hydrogens is 395 g/mol. The second-order valence-corrected chi connectivity index (χ2v) is 9.23. The second-order valence-electron chi connectivity index (χ2n) is 6.49. The average Bonchev–Trinajstić information content (AvgIpc) is 2.87. The molecule has 1 amide bonds. The summed E-state index contributed by atoms with van der Waals surface area (Å²) in [6, 6.07) is 4.46. The number of halogens is 1. The summed E-state index contributed by atoms with van der Waals surface area (Å²) in [6.07, 6.45) is -0.560. The number of anilines is 2. The molecule has 0 aromatic heterocycles. The normalized spacial score (nSPS) is 22.3. The Balaban J connectivity index is 1.71. The molecule has 0 radical (unpaired) electrons. The number of ether oxygens (including phenoxy) is 1. The van der Waals surface area contributed by atoms with Gasteiger partial charge in [0.05, 0.1) is 36.0 Å². The van der Waals surface area contributed by atoms with Crippen LogP contribution in [-0.4, -0.2) is 63.4 Å². The van der Waals surface area contributed by atoms with Crippen molar-refractivity contribution in [1.29, 1.82) is 0 Å². The number of thiocarbonyl (C=S) groups is 1. The Morgan fingerprint density at radius 2 is 2.15 bits per heavy atom. The third kappa shape index (κ3) is 4.78. The Hall–Kier alpha value is -2.14. The fraction of sp³-hybridized carbons (Fsp3) is 0.500. The number of nitrogens with zero attached hydrogens (tertiary/aromatic N) is 2. The van der Waals surface area contributed by atoms with Crippen LogP contribution < -0.4 is 20.9 Å². The maximum Gasteiger partial charge on any atom is 0.414 e. The quantitative estimate of drug-likeness (QED) is 0.688. The Labute approximate surface area is 162 Å². The maximum absolute atomic E-state index is 14.7. The number of sulfone groups is 1. The number of amides is 1. The molecule has 3 rings (SSSR count). The number of hydrogen-bond acceptors (Lipinski definition) is 6. The zero-order valence-corrected chi connectivity index (χ0v) is 16.2. The van der Waals surface area contributed by atoms with Crippen LogP contribution in [0, 0.1) is 5.82 Å².